The highest BCUT2D eigenvalue weighted by Crippen LogP contribution is 2.44. The standard InChI is InChI=1S/C17H26N2O2Si/c1-8-21-18-15-13-11-12(2)9-10-14(13)19(16(15)20)22(6,7)17(3,4)5/h9-11H,8H2,1-7H3/b18-15+. The van der Waals surface area contributed by atoms with Crippen molar-refractivity contribution < 1.29 is 9.63 Å². The van der Waals surface area contributed by atoms with Crippen molar-refractivity contribution in [1.82, 2.24) is 0 Å². The summed E-state index contributed by atoms with van der Waals surface area (Å²) in [6, 6.07) is 6.12. The molecule has 120 valence electrons. The molecule has 0 bridgehead atoms. The van der Waals surface area contributed by atoms with E-state index >= 15 is 0 Å². The van der Waals surface area contributed by atoms with Crippen LogP contribution in [0.15, 0.2) is 23.4 Å². The Kier molecular flexibility index (Phi) is 4.21. The van der Waals surface area contributed by atoms with Gasteiger partial charge in [-0.1, -0.05) is 50.7 Å². The van der Waals surface area contributed by atoms with Crippen molar-refractivity contribution in [3.63, 3.8) is 0 Å². The molecule has 0 atom stereocenters. The summed E-state index contributed by atoms with van der Waals surface area (Å²) >= 11 is 0. The molecule has 0 radical (unpaired) electrons. The Bertz CT molecular complexity index is 630. The quantitative estimate of drug-likeness (QED) is 0.622. The second kappa shape index (κ2) is 5.54. The van der Waals surface area contributed by atoms with E-state index in [9.17, 15) is 4.79 Å². The molecule has 0 aromatic heterocycles. The molecule has 0 aliphatic carbocycles. The van der Waals surface area contributed by atoms with E-state index in [-0.39, 0.29) is 10.9 Å². The Hall–Kier alpha value is -1.62. The first kappa shape index (κ1) is 16.7. The van der Waals surface area contributed by atoms with Gasteiger partial charge in [-0.3, -0.25) is 4.79 Å². The van der Waals surface area contributed by atoms with Crippen molar-refractivity contribution in [2.24, 2.45) is 5.16 Å². The monoisotopic (exact) mass is 318 g/mol. The Labute approximate surface area is 134 Å². The zero-order valence-electron chi connectivity index (χ0n) is 14.7. The molecule has 0 saturated carbocycles. The smallest absolute Gasteiger partial charge is 0.273 e. The van der Waals surface area contributed by atoms with Crippen LogP contribution in [0.25, 0.3) is 0 Å². The van der Waals surface area contributed by atoms with Crippen LogP contribution in [0.3, 0.4) is 0 Å². The summed E-state index contributed by atoms with van der Waals surface area (Å²) in [6.45, 7) is 15.4. The summed E-state index contributed by atoms with van der Waals surface area (Å²) in [4.78, 5) is 18.2. The number of anilines is 1. The van der Waals surface area contributed by atoms with E-state index < -0.39 is 8.24 Å². The molecule has 1 amide bonds. The van der Waals surface area contributed by atoms with Gasteiger partial charge in [0.25, 0.3) is 5.91 Å². The molecule has 1 aromatic carbocycles. The van der Waals surface area contributed by atoms with Crippen LogP contribution >= 0.6 is 0 Å². The largest absolute Gasteiger partial charge is 0.395 e. The minimum atomic E-state index is -2.04. The number of fused-ring (bicyclic) bond motifs is 1. The number of hydrogen-bond donors (Lipinski definition) is 0. The number of aryl methyl sites for hydroxylation is 1. The van der Waals surface area contributed by atoms with Crippen LogP contribution in [0.5, 0.6) is 0 Å². The van der Waals surface area contributed by atoms with Gasteiger partial charge in [-0.05, 0) is 31.0 Å². The average Bonchev–Trinajstić information content (AvgIpc) is 2.67. The zero-order valence-corrected chi connectivity index (χ0v) is 15.7. The number of hydrogen-bond acceptors (Lipinski definition) is 3. The maximum Gasteiger partial charge on any atom is 0.273 e. The molecule has 1 aromatic rings. The van der Waals surface area contributed by atoms with E-state index in [2.05, 4.69) is 45.1 Å². The first-order valence-electron chi connectivity index (χ1n) is 7.76. The van der Waals surface area contributed by atoms with Crippen LogP contribution in [0.1, 0.15) is 38.8 Å². The topological polar surface area (TPSA) is 41.9 Å². The molecule has 0 N–H and O–H groups in total. The minimum Gasteiger partial charge on any atom is -0.395 e. The summed E-state index contributed by atoms with van der Waals surface area (Å²) in [5.41, 5.74) is 3.42. The van der Waals surface area contributed by atoms with Crippen molar-refractivity contribution in [2.45, 2.75) is 52.8 Å². The van der Waals surface area contributed by atoms with Gasteiger partial charge in [-0.2, -0.15) is 0 Å². The molecule has 5 heteroatoms. The van der Waals surface area contributed by atoms with Crippen molar-refractivity contribution in [1.29, 1.82) is 0 Å². The van der Waals surface area contributed by atoms with Crippen LogP contribution in [-0.4, -0.2) is 26.5 Å². The maximum atomic E-state index is 13.0. The Morgan fingerprint density at radius 1 is 1.27 bits per heavy atom. The second-order valence-electron chi connectivity index (χ2n) is 7.33. The molecule has 22 heavy (non-hydrogen) atoms. The normalized spacial score (nSPS) is 17.1. The number of benzene rings is 1. The third-order valence-electron chi connectivity index (χ3n) is 4.73. The van der Waals surface area contributed by atoms with Gasteiger partial charge in [0.05, 0.1) is 0 Å². The lowest BCUT2D eigenvalue weighted by molar-refractivity contribution is -0.111. The summed E-state index contributed by atoms with van der Waals surface area (Å²) in [5.74, 6) is -0.0272. The van der Waals surface area contributed by atoms with E-state index in [1.807, 2.05) is 30.5 Å². The number of carbonyl (C=O) groups excluding carboxylic acids is 1. The highest BCUT2D eigenvalue weighted by Gasteiger charge is 2.49. The molecule has 0 spiro atoms. The maximum absolute atomic E-state index is 13.0. The van der Waals surface area contributed by atoms with Crippen molar-refractivity contribution in [3.8, 4) is 0 Å². The molecule has 4 nitrogen and oxygen atoms in total. The lowest BCUT2D eigenvalue weighted by atomic mass is 10.1. The highest BCUT2D eigenvalue weighted by atomic mass is 28.3. The van der Waals surface area contributed by atoms with Gasteiger partial charge < -0.3 is 9.40 Å². The van der Waals surface area contributed by atoms with Gasteiger partial charge >= 0.3 is 0 Å². The molecule has 1 aliphatic heterocycles. The molecule has 2 rings (SSSR count). The molecule has 1 aliphatic rings. The molecule has 0 saturated heterocycles. The van der Waals surface area contributed by atoms with E-state index in [1.165, 1.54) is 0 Å². The van der Waals surface area contributed by atoms with Crippen LogP contribution < -0.4 is 4.57 Å². The SMILES string of the molecule is CCO/N=C1/C(=O)N([Si](C)(C)C(C)(C)C)c2ccc(C)cc21. The fourth-order valence-corrected chi connectivity index (χ4v) is 4.55. The molecular weight excluding hydrogens is 292 g/mol. The highest BCUT2D eigenvalue weighted by molar-refractivity contribution is 6.90. The minimum absolute atomic E-state index is 0.0272. The van der Waals surface area contributed by atoms with Gasteiger partial charge in [0.15, 0.2) is 13.9 Å². The summed E-state index contributed by atoms with van der Waals surface area (Å²) in [6.07, 6.45) is 0. The van der Waals surface area contributed by atoms with Crippen molar-refractivity contribution >= 4 is 25.5 Å². The Morgan fingerprint density at radius 2 is 1.91 bits per heavy atom. The first-order valence-corrected chi connectivity index (χ1v) is 10.7. The summed E-state index contributed by atoms with van der Waals surface area (Å²) < 4.78 is 2.00. The fraction of sp³-hybridized carbons (Fsp3) is 0.529. The van der Waals surface area contributed by atoms with Gasteiger partial charge in [-0.25, -0.2) is 0 Å². The van der Waals surface area contributed by atoms with Crippen LogP contribution in [0.2, 0.25) is 18.1 Å². The van der Waals surface area contributed by atoms with Gasteiger partial charge in [0.2, 0.25) is 0 Å². The Morgan fingerprint density at radius 3 is 2.45 bits per heavy atom. The lowest BCUT2D eigenvalue weighted by Crippen LogP contribution is -2.57. The van der Waals surface area contributed by atoms with E-state index in [4.69, 9.17) is 4.84 Å². The summed E-state index contributed by atoms with van der Waals surface area (Å²) in [7, 11) is -2.04. The number of rotatable bonds is 3. The van der Waals surface area contributed by atoms with Crippen molar-refractivity contribution in [3.05, 3.63) is 29.3 Å². The van der Waals surface area contributed by atoms with Crippen LogP contribution in [0, 0.1) is 6.92 Å². The predicted molar refractivity (Wildman–Crippen MR) is 94.0 cm³/mol. The number of nitrogens with zero attached hydrogens (tertiary/aromatic N) is 2. The average molecular weight is 318 g/mol. The van der Waals surface area contributed by atoms with Gasteiger partial charge in [-0.15, -0.1) is 0 Å². The van der Waals surface area contributed by atoms with Crippen LogP contribution in [0.4, 0.5) is 5.69 Å². The Balaban J connectivity index is 2.63. The molecule has 0 fully saturated rings. The fourth-order valence-electron chi connectivity index (χ4n) is 2.47. The van der Waals surface area contributed by atoms with Gasteiger partial charge in [0.1, 0.15) is 6.61 Å². The van der Waals surface area contributed by atoms with E-state index in [1.54, 1.807) is 0 Å². The molecule has 0 unspecified atom stereocenters. The lowest BCUT2D eigenvalue weighted by Gasteiger charge is -2.43. The molecule has 1 heterocycles. The number of amides is 1. The summed E-state index contributed by atoms with van der Waals surface area (Å²) in [5, 5.41) is 4.16. The van der Waals surface area contributed by atoms with Crippen molar-refractivity contribution in [2.75, 3.05) is 11.2 Å². The third kappa shape index (κ3) is 2.58. The predicted octanol–water partition coefficient (Wildman–Crippen LogP) is 4.09. The van der Waals surface area contributed by atoms with Gasteiger partial charge in [0, 0.05) is 11.3 Å². The molecular formula is C17H26N2O2Si. The van der Waals surface area contributed by atoms with E-state index in [0.717, 1.165) is 16.8 Å². The third-order valence-corrected chi connectivity index (χ3v) is 9.97. The van der Waals surface area contributed by atoms with E-state index in [0.29, 0.717) is 12.3 Å². The first-order chi connectivity index (χ1) is 10.1. The number of oxime groups is 1. The zero-order chi connectivity index (χ0) is 16.7. The number of carbonyl (C=O) groups is 1. The van der Waals surface area contributed by atoms with Crippen LogP contribution in [-0.2, 0) is 9.63 Å². The second-order valence-corrected chi connectivity index (χ2v) is 12.4.